The molecule has 1 N–H and O–H groups in total. The van der Waals surface area contributed by atoms with E-state index in [0.717, 1.165) is 19.4 Å². The number of nitrogens with zero attached hydrogens (tertiary/aromatic N) is 1. The molecule has 90 valence electrons. The molecule has 2 unspecified atom stereocenters. The molecule has 2 atom stereocenters. The second kappa shape index (κ2) is 4.82. The van der Waals surface area contributed by atoms with Crippen molar-refractivity contribution >= 4 is 11.9 Å². The average Bonchev–Trinajstić information content (AvgIpc) is 2.73. The van der Waals surface area contributed by atoms with Gasteiger partial charge in [0.15, 0.2) is 0 Å². The molecule has 0 aromatic heterocycles. The van der Waals surface area contributed by atoms with Crippen molar-refractivity contribution in [3.8, 4) is 0 Å². The largest absolute Gasteiger partial charge is 0.481 e. The number of carboxylic acid groups (broad SMARTS) is 1. The number of carbonyl (C=O) groups is 2. The minimum Gasteiger partial charge on any atom is -0.481 e. The van der Waals surface area contributed by atoms with Crippen molar-refractivity contribution in [2.75, 3.05) is 19.7 Å². The van der Waals surface area contributed by atoms with E-state index in [1.54, 1.807) is 4.90 Å². The first kappa shape index (κ1) is 11.4. The summed E-state index contributed by atoms with van der Waals surface area (Å²) in [4.78, 5) is 24.2. The van der Waals surface area contributed by atoms with Gasteiger partial charge in [0, 0.05) is 26.1 Å². The Balaban J connectivity index is 1.90. The van der Waals surface area contributed by atoms with Crippen molar-refractivity contribution < 1.29 is 19.4 Å². The van der Waals surface area contributed by atoms with Crippen molar-refractivity contribution in [1.82, 2.24) is 4.90 Å². The van der Waals surface area contributed by atoms with Crippen LogP contribution in [0, 0.1) is 5.92 Å². The highest BCUT2D eigenvalue weighted by Crippen LogP contribution is 2.20. The molecule has 0 aromatic carbocycles. The lowest BCUT2D eigenvalue weighted by molar-refractivity contribution is -0.148. The fraction of sp³-hybridized carbons (Fsp3) is 0.818. The predicted octanol–water partition coefficient (Wildman–Crippen LogP) is 0.489. The van der Waals surface area contributed by atoms with Gasteiger partial charge < -0.3 is 14.7 Å². The topological polar surface area (TPSA) is 66.8 Å². The smallest absolute Gasteiger partial charge is 0.308 e. The minimum absolute atomic E-state index is 0.0630. The lowest BCUT2D eigenvalue weighted by atomic mass is 9.97. The summed E-state index contributed by atoms with van der Waals surface area (Å²) in [7, 11) is 0. The van der Waals surface area contributed by atoms with E-state index < -0.39 is 11.9 Å². The van der Waals surface area contributed by atoms with Crippen molar-refractivity contribution in [1.29, 1.82) is 0 Å². The van der Waals surface area contributed by atoms with E-state index in [9.17, 15) is 9.59 Å². The molecular formula is C11H17NO4. The molecule has 0 saturated carbocycles. The number of hydrogen-bond acceptors (Lipinski definition) is 3. The molecule has 2 aliphatic rings. The van der Waals surface area contributed by atoms with Crippen LogP contribution in [-0.4, -0.2) is 47.7 Å². The van der Waals surface area contributed by atoms with Gasteiger partial charge in [-0.25, -0.2) is 0 Å². The summed E-state index contributed by atoms with van der Waals surface area (Å²) in [6.07, 6.45) is 2.94. The average molecular weight is 227 g/mol. The Kier molecular flexibility index (Phi) is 3.43. The van der Waals surface area contributed by atoms with Crippen molar-refractivity contribution in [3.63, 3.8) is 0 Å². The Morgan fingerprint density at radius 2 is 2.31 bits per heavy atom. The Morgan fingerprint density at radius 1 is 1.50 bits per heavy atom. The molecule has 0 aromatic rings. The van der Waals surface area contributed by atoms with E-state index in [1.807, 2.05) is 0 Å². The van der Waals surface area contributed by atoms with Gasteiger partial charge in [0.25, 0.3) is 0 Å². The quantitative estimate of drug-likeness (QED) is 0.762. The fourth-order valence-electron chi connectivity index (χ4n) is 2.33. The first-order valence-corrected chi connectivity index (χ1v) is 5.79. The number of carboxylic acids is 1. The van der Waals surface area contributed by atoms with Crippen LogP contribution in [0.25, 0.3) is 0 Å². The van der Waals surface area contributed by atoms with Crippen LogP contribution in [0.2, 0.25) is 0 Å². The van der Waals surface area contributed by atoms with Gasteiger partial charge in [-0.3, -0.25) is 9.59 Å². The van der Waals surface area contributed by atoms with Crippen molar-refractivity contribution in [3.05, 3.63) is 0 Å². The second-order valence-corrected chi connectivity index (χ2v) is 4.51. The summed E-state index contributed by atoms with van der Waals surface area (Å²) in [5.74, 6) is -1.14. The molecule has 5 heteroatoms. The molecule has 2 fully saturated rings. The molecule has 0 bridgehead atoms. The zero-order valence-electron chi connectivity index (χ0n) is 9.22. The number of ether oxygens (including phenoxy) is 1. The van der Waals surface area contributed by atoms with Crippen LogP contribution in [0.15, 0.2) is 0 Å². The first-order chi connectivity index (χ1) is 7.66. The summed E-state index contributed by atoms with van der Waals surface area (Å²) in [5, 5.41) is 8.93. The maximum Gasteiger partial charge on any atom is 0.308 e. The maximum atomic E-state index is 11.6. The van der Waals surface area contributed by atoms with Crippen LogP contribution in [-0.2, 0) is 14.3 Å². The summed E-state index contributed by atoms with van der Waals surface area (Å²) in [5.41, 5.74) is 0. The third-order valence-electron chi connectivity index (χ3n) is 3.30. The normalized spacial score (nSPS) is 30.8. The standard InChI is InChI=1S/C11H17NO4/c13-10-4-3-8(11(14)15)6-12(10)7-9-2-1-5-16-9/h8-9H,1-7H2,(H,14,15). The minimum atomic E-state index is -0.801. The van der Waals surface area contributed by atoms with E-state index in [0.29, 0.717) is 25.9 Å². The summed E-state index contributed by atoms with van der Waals surface area (Å²) in [6.45, 7) is 1.66. The van der Waals surface area contributed by atoms with E-state index >= 15 is 0 Å². The highest BCUT2D eigenvalue weighted by molar-refractivity contribution is 5.80. The van der Waals surface area contributed by atoms with Crippen LogP contribution in [0.4, 0.5) is 0 Å². The first-order valence-electron chi connectivity index (χ1n) is 5.79. The van der Waals surface area contributed by atoms with E-state index in [2.05, 4.69) is 0 Å². The summed E-state index contributed by atoms with van der Waals surface area (Å²) < 4.78 is 5.46. The zero-order chi connectivity index (χ0) is 11.5. The fourth-order valence-corrected chi connectivity index (χ4v) is 2.33. The van der Waals surface area contributed by atoms with Crippen molar-refractivity contribution in [2.45, 2.75) is 31.8 Å². The van der Waals surface area contributed by atoms with Crippen LogP contribution in [0.1, 0.15) is 25.7 Å². The number of carbonyl (C=O) groups excluding carboxylic acids is 1. The number of hydrogen-bond donors (Lipinski definition) is 1. The lowest BCUT2D eigenvalue weighted by Gasteiger charge is -2.32. The second-order valence-electron chi connectivity index (χ2n) is 4.51. The van der Waals surface area contributed by atoms with Gasteiger partial charge in [0.1, 0.15) is 0 Å². The molecule has 0 spiro atoms. The van der Waals surface area contributed by atoms with E-state index in [1.165, 1.54) is 0 Å². The molecule has 5 nitrogen and oxygen atoms in total. The molecule has 2 rings (SSSR count). The van der Waals surface area contributed by atoms with Gasteiger partial charge >= 0.3 is 5.97 Å². The number of likely N-dealkylation sites (tertiary alicyclic amines) is 1. The van der Waals surface area contributed by atoms with Crippen LogP contribution >= 0.6 is 0 Å². The molecule has 2 aliphatic heterocycles. The van der Waals surface area contributed by atoms with Crippen LogP contribution in [0.3, 0.4) is 0 Å². The number of rotatable bonds is 3. The summed E-state index contributed by atoms with van der Waals surface area (Å²) >= 11 is 0. The highest BCUT2D eigenvalue weighted by Gasteiger charge is 2.32. The van der Waals surface area contributed by atoms with Gasteiger partial charge in [-0.15, -0.1) is 0 Å². The van der Waals surface area contributed by atoms with Gasteiger partial charge in [0.05, 0.1) is 12.0 Å². The molecular weight excluding hydrogens is 210 g/mol. The maximum absolute atomic E-state index is 11.6. The lowest BCUT2D eigenvalue weighted by Crippen LogP contribution is -2.45. The molecule has 2 heterocycles. The molecule has 1 amide bonds. The molecule has 0 aliphatic carbocycles. The van der Waals surface area contributed by atoms with E-state index in [-0.39, 0.29) is 12.0 Å². The van der Waals surface area contributed by atoms with Gasteiger partial charge in [0.2, 0.25) is 5.91 Å². The number of piperidine rings is 1. The van der Waals surface area contributed by atoms with Crippen LogP contribution in [0.5, 0.6) is 0 Å². The monoisotopic (exact) mass is 227 g/mol. The molecule has 2 saturated heterocycles. The number of aliphatic carboxylic acids is 1. The van der Waals surface area contributed by atoms with Gasteiger partial charge in [-0.05, 0) is 19.3 Å². The van der Waals surface area contributed by atoms with Gasteiger partial charge in [-0.1, -0.05) is 0 Å². The third kappa shape index (κ3) is 2.52. The Morgan fingerprint density at radius 3 is 2.94 bits per heavy atom. The molecule has 0 radical (unpaired) electrons. The molecule has 16 heavy (non-hydrogen) atoms. The predicted molar refractivity (Wildman–Crippen MR) is 55.9 cm³/mol. The third-order valence-corrected chi connectivity index (χ3v) is 3.30. The Bertz CT molecular complexity index is 286. The Hall–Kier alpha value is -1.10. The highest BCUT2D eigenvalue weighted by atomic mass is 16.5. The SMILES string of the molecule is O=C(O)C1CCC(=O)N(CC2CCCO2)C1. The van der Waals surface area contributed by atoms with E-state index in [4.69, 9.17) is 9.84 Å². The van der Waals surface area contributed by atoms with Crippen molar-refractivity contribution in [2.24, 2.45) is 5.92 Å². The number of amides is 1. The zero-order valence-corrected chi connectivity index (χ0v) is 9.22. The summed E-state index contributed by atoms with van der Waals surface area (Å²) in [6, 6.07) is 0. The Labute approximate surface area is 94.4 Å². The van der Waals surface area contributed by atoms with Crippen LogP contribution < -0.4 is 0 Å². The van der Waals surface area contributed by atoms with Gasteiger partial charge in [-0.2, -0.15) is 0 Å².